The standard InChI is InChI=1S/C11H18BrN3/c1-4-15-9(10(12)8(2)14-15)5-11(3)6-13-7-11/h13H,4-7H2,1-3H3. The Kier molecular flexibility index (Phi) is 2.90. The van der Waals surface area contributed by atoms with Crippen LogP contribution in [-0.4, -0.2) is 22.9 Å². The molecule has 1 aromatic rings. The first-order valence-electron chi connectivity index (χ1n) is 5.48. The molecule has 0 atom stereocenters. The summed E-state index contributed by atoms with van der Waals surface area (Å²) in [6, 6.07) is 0. The number of hydrogen-bond donors (Lipinski definition) is 1. The molecular weight excluding hydrogens is 254 g/mol. The van der Waals surface area contributed by atoms with Crippen LogP contribution in [0.3, 0.4) is 0 Å². The van der Waals surface area contributed by atoms with Crippen LogP contribution in [0.4, 0.5) is 0 Å². The first-order valence-corrected chi connectivity index (χ1v) is 6.27. The number of hydrogen-bond acceptors (Lipinski definition) is 2. The highest BCUT2D eigenvalue weighted by Gasteiger charge is 2.33. The number of nitrogens with zero attached hydrogens (tertiary/aromatic N) is 2. The topological polar surface area (TPSA) is 29.9 Å². The van der Waals surface area contributed by atoms with E-state index in [0.29, 0.717) is 5.41 Å². The molecule has 0 aromatic carbocycles. The molecule has 0 bridgehead atoms. The fourth-order valence-electron chi connectivity index (χ4n) is 2.12. The summed E-state index contributed by atoms with van der Waals surface area (Å²) >= 11 is 3.64. The fraction of sp³-hybridized carbons (Fsp3) is 0.727. The van der Waals surface area contributed by atoms with Crippen LogP contribution < -0.4 is 5.32 Å². The molecule has 15 heavy (non-hydrogen) atoms. The summed E-state index contributed by atoms with van der Waals surface area (Å²) < 4.78 is 3.31. The second-order valence-electron chi connectivity index (χ2n) is 4.75. The lowest BCUT2D eigenvalue weighted by molar-refractivity contribution is 0.190. The summed E-state index contributed by atoms with van der Waals surface area (Å²) in [5.74, 6) is 0. The molecule has 3 nitrogen and oxygen atoms in total. The van der Waals surface area contributed by atoms with Crippen LogP contribution in [0.25, 0.3) is 0 Å². The molecule has 1 aromatic heterocycles. The van der Waals surface area contributed by atoms with Crippen LogP contribution in [0.15, 0.2) is 4.47 Å². The van der Waals surface area contributed by atoms with E-state index in [1.165, 1.54) is 10.2 Å². The molecule has 1 aliphatic heterocycles. The number of aromatic nitrogens is 2. The Morgan fingerprint density at radius 1 is 1.53 bits per heavy atom. The van der Waals surface area contributed by atoms with Crippen LogP contribution in [0.5, 0.6) is 0 Å². The minimum Gasteiger partial charge on any atom is -0.316 e. The Bertz CT molecular complexity index is 366. The molecule has 0 spiro atoms. The van der Waals surface area contributed by atoms with Crippen LogP contribution in [-0.2, 0) is 13.0 Å². The number of rotatable bonds is 3. The lowest BCUT2D eigenvalue weighted by Crippen LogP contribution is -2.52. The maximum atomic E-state index is 4.52. The predicted octanol–water partition coefficient (Wildman–Crippen LogP) is 2.13. The average Bonchev–Trinajstić information content (AvgIpc) is 2.43. The molecule has 1 saturated heterocycles. The van der Waals surface area contributed by atoms with Gasteiger partial charge in [-0.15, -0.1) is 0 Å². The summed E-state index contributed by atoms with van der Waals surface area (Å²) in [5.41, 5.74) is 2.86. The van der Waals surface area contributed by atoms with Crippen molar-refractivity contribution in [3.8, 4) is 0 Å². The van der Waals surface area contributed by atoms with Crippen LogP contribution in [0.1, 0.15) is 25.2 Å². The van der Waals surface area contributed by atoms with Crippen LogP contribution in [0, 0.1) is 12.3 Å². The van der Waals surface area contributed by atoms with Gasteiger partial charge in [0, 0.05) is 19.6 Å². The van der Waals surface area contributed by atoms with E-state index in [-0.39, 0.29) is 0 Å². The zero-order valence-corrected chi connectivity index (χ0v) is 11.2. The third kappa shape index (κ3) is 1.97. The minimum atomic E-state index is 0.419. The van der Waals surface area contributed by atoms with E-state index in [4.69, 9.17) is 0 Å². The molecule has 0 radical (unpaired) electrons. The molecule has 4 heteroatoms. The number of halogens is 1. The maximum absolute atomic E-state index is 4.52. The van der Waals surface area contributed by atoms with Gasteiger partial charge in [-0.2, -0.15) is 5.10 Å². The van der Waals surface area contributed by atoms with Gasteiger partial charge >= 0.3 is 0 Å². The highest BCUT2D eigenvalue weighted by atomic mass is 79.9. The zero-order valence-electron chi connectivity index (χ0n) is 9.60. The maximum Gasteiger partial charge on any atom is 0.0738 e. The van der Waals surface area contributed by atoms with Crippen molar-refractivity contribution in [2.45, 2.75) is 33.7 Å². The molecule has 2 heterocycles. The third-order valence-electron chi connectivity index (χ3n) is 3.15. The SMILES string of the molecule is CCn1nc(C)c(Br)c1CC1(C)CNC1. The monoisotopic (exact) mass is 271 g/mol. The van der Waals surface area contributed by atoms with Crippen LogP contribution in [0.2, 0.25) is 0 Å². The van der Waals surface area contributed by atoms with Crippen molar-refractivity contribution in [1.82, 2.24) is 15.1 Å². The van der Waals surface area contributed by atoms with Crippen molar-refractivity contribution in [3.63, 3.8) is 0 Å². The molecule has 1 N–H and O–H groups in total. The summed E-state index contributed by atoms with van der Waals surface area (Å²) in [6.07, 6.45) is 1.11. The third-order valence-corrected chi connectivity index (χ3v) is 4.18. The minimum absolute atomic E-state index is 0.419. The lowest BCUT2D eigenvalue weighted by atomic mass is 9.80. The summed E-state index contributed by atoms with van der Waals surface area (Å²) in [6.45, 7) is 9.72. The van der Waals surface area contributed by atoms with E-state index in [1.807, 2.05) is 0 Å². The van der Waals surface area contributed by atoms with Gasteiger partial charge in [-0.05, 0) is 41.6 Å². The van der Waals surface area contributed by atoms with E-state index in [9.17, 15) is 0 Å². The largest absolute Gasteiger partial charge is 0.316 e. The van der Waals surface area contributed by atoms with Gasteiger partial charge in [0.15, 0.2) is 0 Å². The molecule has 0 unspecified atom stereocenters. The van der Waals surface area contributed by atoms with E-state index in [1.54, 1.807) is 0 Å². The first kappa shape index (κ1) is 11.1. The molecule has 1 aliphatic rings. The van der Waals surface area contributed by atoms with Gasteiger partial charge in [0.1, 0.15) is 0 Å². The summed E-state index contributed by atoms with van der Waals surface area (Å²) in [4.78, 5) is 0. The lowest BCUT2D eigenvalue weighted by Gasteiger charge is -2.39. The molecule has 0 aliphatic carbocycles. The smallest absolute Gasteiger partial charge is 0.0738 e. The van der Waals surface area contributed by atoms with Gasteiger partial charge in [-0.3, -0.25) is 4.68 Å². The molecule has 0 amide bonds. The summed E-state index contributed by atoms with van der Waals surface area (Å²) in [5, 5.41) is 7.86. The summed E-state index contributed by atoms with van der Waals surface area (Å²) in [7, 11) is 0. The Morgan fingerprint density at radius 2 is 2.20 bits per heavy atom. The van der Waals surface area contributed by atoms with Gasteiger partial charge < -0.3 is 5.32 Å². The van der Waals surface area contributed by atoms with Crippen molar-refractivity contribution >= 4 is 15.9 Å². The van der Waals surface area contributed by atoms with Gasteiger partial charge in [-0.1, -0.05) is 6.92 Å². The normalized spacial score (nSPS) is 18.9. The van der Waals surface area contributed by atoms with Crippen molar-refractivity contribution in [2.75, 3.05) is 13.1 Å². The van der Waals surface area contributed by atoms with E-state index < -0.39 is 0 Å². The van der Waals surface area contributed by atoms with Crippen molar-refractivity contribution < 1.29 is 0 Å². The highest BCUT2D eigenvalue weighted by Crippen LogP contribution is 2.31. The fourth-order valence-corrected chi connectivity index (χ4v) is 2.54. The number of aryl methyl sites for hydroxylation is 2. The van der Waals surface area contributed by atoms with Gasteiger partial charge in [-0.25, -0.2) is 0 Å². The van der Waals surface area contributed by atoms with Crippen molar-refractivity contribution in [2.24, 2.45) is 5.41 Å². The van der Waals surface area contributed by atoms with E-state index >= 15 is 0 Å². The Morgan fingerprint density at radius 3 is 2.67 bits per heavy atom. The highest BCUT2D eigenvalue weighted by molar-refractivity contribution is 9.10. The first-order chi connectivity index (χ1) is 7.06. The molecule has 84 valence electrons. The molecule has 0 saturated carbocycles. The van der Waals surface area contributed by atoms with Gasteiger partial charge in [0.25, 0.3) is 0 Å². The predicted molar refractivity (Wildman–Crippen MR) is 65.0 cm³/mol. The molecule has 2 rings (SSSR count). The Labute approximate surface area is 99.4 Å². The van der Waals surface area contributed by atoms with E-state index in [0.717, 1.165) is 31.7 Å². The average molecular weight is 272 g/mol. The second kappa shape index (κ2) is 3.91. The Balaban J connectivity index is 2.26. The molecule has 1 fully saturated rings. The molecular formula is C11H18BrN3. The number of nitrogens with one attached hydrogen (secondary N) is 1. The van der Waals surface area contributed by atoms with Gasteiger partial charge in [0.2, 0.25) is 0 Å². The second-order valence-corrected chi connectivity index (χ2v) is 5.55. The van der Waals surface area contributed by atoms with Crippen molar-refractivity contribution in [1.29, 1.82) is 0 Å². The Hall–Kier alpha value is -0.350. The van der Waals surface area contributed by atoms with Crippen LogP contribution >= 0.6 is 15.9 Å². The quantitative estimate of drug-likeness (QED) is 0.913. The van der Waals surface area contributed by atoms with Gasteiger partial charge in [0.05, 0.1) is 15.9 Å². The van der Waals surface area contributed by atoms with Crippen molar-refractivity contribution in [3.05, 3.63) is 15.9 Å². The van der Waals surface area contributed by atoms with E-state index in [2.05, 4.69) is 51.8 Å². The zero-order chi connectivity index (χ0) is 11.1.